The summed E-state index contributed by atoms with van der Waals surface area (Å²) < 4.78 is 13.0. The third kappa shape index (κ3) is 4.29. The lowest BCUT2D eigenvalue weighted by Gasteiger charge is -2.28. The van der Waals surface area contributed by atoms with Crippen molar-refractivity contribution in [2.24, 2.45) is 0 Å². The molecule has 0 atom stereocenters. The quantitative estimate of drug-likeness (QED) is 0.477. The minimum atomic E-state index is 0.254. The normalized spacial score (nSPS) is 14.1. The van der Waals surface area contributed by atoms with Gasteiger partial charge >= 0.3 is 0 Å². The van der Waals surface area contributed by atoms with Gasteiger partial charge in [-0.2, -0.15) is 0 Å². The predicted octanol–water partition coefficient (Wildman–Crippen LogP) is 3.45. The molecule has 0 radical (unpaired) electrons. The number of morpholine rings is 1. The zero-order valence-electron chi connectivity index (χ0n) is 18.9. The molecule has 0 aliphatic carbocycles. The highest BCUT2D eigenvalue weighted by Crippen LogP contribution is 2.29. The molecule has 1 aliphatic rings. The van der Waals surface area contributed by atoms with Gasteiger partial charge in [0.2, 0.25) is 11.8 Å². The molecule has 1 aliphatic heterocycles. The van der Waals surface area contributed by atoms with Gasteiger partial charge in [-0.25, -0.2) is 24.9 Å². The van der Waals surface area contributed by atoms with E-state index < -0.39 is 0 Å². The molecule has 5 heterocycles. The Morgan fingerprint density at radius 3 is 2.61 bits per heavy atom. The molecule has 1 saturated heterocycles. The number of pyridine rings is 2. The molecule has 33 heavy (non-hydrogen) atoms. The number of rotatable bonds is 6. The van der Waals surface area contributed by atoms with Crippen LogP contribution in [0.2, 0.25) is 0 Å². The van der Waals surface area contributed by atoms with E-state index in [4.69, 9.17) is 9.47 Å². The van der Waals surface area contributed by atoms with Crippen molar-refractivity contribution in [3.63, 3.8) is 0 Å². The van der Waals surface area contributed by atoms with Crippen LogP contribution in [0, 0.1) is 0 Å². The molecule has 0 bridgehead atoms. The van der Waals surface area contributed by atoms with Gasteiger partial charge in [0.1, 0.15) is 5.82 Å². The monoisotopic (exact) mass is 446 g/mol. The fourth-order valence-corrected chi connectivity index (χ4v) is 3.83. The molecule has 1 fully saturated rings. The van der Waals surface area contributed by atoms with Crippen molar-refractivity contribution in [3.05, 3.63) is 43.0 Å². The van der Waals surface area contributed by atoms with Crippen molar-refractivity contribution < 1.29 is 9.47 Å². The standard InChI is InChI=1S/C23H26N8O2/c1-15(2)31-14-26-21-19(31)12-18(27-22(21)32-3)17-6-7-24-23(28-17)29-20-5-4-16(13-25-20)30-8-10-33-11-9-30/h4-7,12-15H,8-11H2,1-3H3,(H,24,25,28,29). The predicted molar refractivity (Wildman–Crippen MR) is 126 cm³/mol. The van der Waals surface area contributed by atoms with Gasteiger partial charge in [-0.05, 0) is 38.1 Å². The molecule has 0 amide bonds. The summed E-state index contributed by atoms with van der Waals surface area (Å²) in [5.74, 6) is 1.58. The topological polar surface area (TPSA) is 103 Å². The first kappa shape index (κ1) is 21.1. The maximum absolute atomic E-state index is 5.50. The minimum absolute atomic E-state index is 0.254. The van der Waals surface area contributed by atoms with Gasteiger partial charge in [0.15, 0.2) is 5.52 Å². The Balaban J connectivity index is 1.41. The second-order valence-electron chi connectivity index (χ2n) is 8.02. The lowest BCUT2D eigenvalue weighted by atomic mass is 10.2. The second-order valence-corrected chi connectivity index (χ2v) is 8.02. The molecule has 5 rings (SSSR count). The summed E-state index contributed by atoms with van der Waals surface area (Å²) >= 11 is 0. The number of aromatic nitrogens is 6. The van der Waals surface area contributed by atoms with Crippen molar-refractivity contribution in [1.29, 1.82) is 0 Å². The molecule has 0 spiro atoms. The Morgan fingerprint density at radius 1 is 1.03 bits per heavy atom. The van der Waals surface area contributed by atoms with Crippen molar-refractivity contribution in [2.75, 3.05) is 43.6 Å². The summed E-state index contributed by atoms with van der Waals surface area (Å²) in [6, 6.07) is 8.02. The van der Waals surface area contributed by atoms with Crippen LogP contribution >= 0.6 is 0 Å². The molecule has 170 valence electrons. The van der Waals surface area contributed by atoms with Crippen molar-refractivity contribution in [2.45, 2.75) is 19.9 Å². The van der Waals surface area contributed by atoms with Crippen LogP contribution in [0.1, 0.15) is 19.9 Å². The van der Waals surface area contributed by atoms with Crippen LogP contribution in [0.3, 0.4) is 0 Å². The van der Waals surface area contributed by atoms with E-state index >= 15 is 0 Å². The molecular formula is C23H26N8O2. The fraction of sp³-hybridized carbons (Fsp3) is 0.348. The van der Waals surface area contributed by atoms with Gasteiger partial charge in [0, 0.05) is 25.3 Å². The Kier molecular flexibility index (Phi) is 5.74. The number of fused-ring (bicyclic) bond motifs is 1. The van der Waals surface area contributed by atoms with Gasteiger partial charge in [0.25, 0.3) is 0 Å². The van der Waals surface area contributed by atoms with E-state index in [9.17, 15) is 0 Å². The average molecular weight is 447 g/mol. The number of ether oxygens (including phenoxy) is 2. The van der Waals surface area contributed by atoms with E-state index in [1.807, 2.05) is 36.8 Å². The van der Waals surface area contributed by atoms with Crippen LogP contribution < -0.4 is 15.0 Å². The van der Waals surface area contributed by atoms with Gasteiger partial charge in [0.05, 0.1) is 55.4 Å². The summed E-state index contributed by atoms with van der Waals surface area (Å²) in [5, 5.41) is 3.18. The van der Waals surface area contributed by atoms with E-state index in [1.54, 1.807) is 13.3 Å². The smallest absolute Gasteiger partial charge is 0.242 e. The van der Waals surface area contributed by atoms with Gasteiger partial charge in [-0.3, -0.25) is 0 Å². The summed E-state index contributed by atoms with van der Waals surface area (Å²) in [6.07, 6.45) is 5.36. The molecule has 0 aromatic carbocycles. The van der Waals surface area contributed by atoms with Gasteiger partial charge in [-0.1, -0.05) is 0 Å². The number of methoxy groups -OCH3 is 1. The molecule has 1 N–H and O–H groups in total. The average Bonchev–Trinajstić information content (AvgIpc) is 3.29. The van der Waals surface area contributed by atoms with E-state index in [0.717, 1.165) is 43.0 Å². The van der Waals surface area contributed by atoms with Crippen molar-refractivity contribution in [1.82, 2.24) is 29.5 Å². The van der Waals surface area contributed by atoms with Crippen LogP contribution in [-0.4, -0.2) is 62.9 Å². The third-order valence-electron chi connectivity index (χ3n) is 5.56. The first-order valence-corrected chi connectivity index (χ1v) is 10.9. The van der Waals surface area contributed by atoms with Crippen LogP contribution in [0.5, 0.6) is 5.88 Å². The van der Waals surface area contributed by atoms with Crippen molar-refractivity contribution >= 4 is 28.5 Å². The van der Waals surface area contributed by atoms with Crippen LogP contribution in [-0.2, 0) is 4.74 Å². The number of nitrogens with one attached hydrogen (secondary N) is 1. The third-order valence-corrected chi connectivity index (χ3v) is 5.56. The Morgan fingerprint density at radius 2 is 1.88 bits per heavy atom. The van der Waals surface area contributed by atoms with Crippen LogP contribution in [0.25, 0.3) is 22.4 Å². The van der Waals surface area contributed by atoms with Gasteiger partial charge < -0.3 is 24.3 Å². The Labute approximate surface area is 191 Å². The van der Waals surface area contributed by atoms with Crippen molar-refractivity contribution in [3.8, 4) is 17.3 Å². The lowest BCUT2D eigenvalue weighted by Crippen LogP contribution is -2.36. The van der Waals surface area contributed by atoms with E-state index in [2.05, 4.69) is 53.6 Å². The highest BCUT2D eigenvalue weighted by molar-refractivity contribution is 5.84. The van der Waals surface area contributed by atoms with E-state index in [-0.39, 0.29) is 6.04 Å². The van der Waals surface area contributed by atoms with Crippen LogP contribution in [0.15, 0.2) is 43.0 Å². The molecule has 10 nitrogen and oxygen atoms in total. The maximum Gasteiger partial charge on any atom is 0.242 e. The number of imidazole rings is 1. The highest BCUT2D eigenvalue weighted by atomic mass is 16.5. The van der Waals surface area contributed by atoms with Crippen LogP contribution in [0.4, 0.5) is 17.5 Å². The Bertz CT molecular complexity index is 1250. The molecule has 10 heteroatoms. The van der Waals surface area contributed by atoms with E-state index in [1.165, 1.54) is 0 Å². The zero-order valence-corrected chi connectivity index (χ0v) is 18.9. The molecule has 4 aromatic heterocycles. The highest BCUT2D eigenvalue weighted by Gasteiger charge is 2.16. The number of nitrogens with zero attached hydrogens (tertiary/aromatic N) is 7. The lowest BCUT2D eigenvalue weighted by molar-refractivity contribution is 0.122. The summed E-state index contributed by atoms with van der Waals surface area (Å²) in [4.78, 5) is 24.9. The number of hydrogen-bond acceptors (Lipinski definition) is 9. The largest absolute Gasteiger partial charge is 0.479 e. The summed E-state index contributed by atoms with van der Waals surface area (Å²) in [6.45, 7) is 7.44. The minimum Gasteiger partial charge on any atom is -0.479 e. The first-order valence-electron chi connectivity index (χ1n) is 10.9. The molecule has 0 unspecified atom stereocenters. The SMILES string of the molecule is COc1nc(-c2ccnc(Nc3ccc(N4CCOCC4)cn3)n2)cc2c1ncn2C(C)C. The molecular weight excluding hydrogens is 420 g/mol. The fourth-order valence-electron chi connectivity index (χ4n) is 3.83. The number of hydrogen-bond donors (Lipinski definition) is 1. The maximum atomic E-state index is 5.50. The first-order chi connectivity index (χ1) is 16.1. The van der Waals surface area contributed by atoms with Gasteiger partial charge in [-0.15, -0.1) is 0 Å². The Hall–Kier alpha value is -3.79. The summed E-state index contributed by atoms with van der Waals surface area (Å²) in [7, 11) is 1.60. The number of anilines is 3. The molecule has 0 saturated carbocycles. The zero-order chi connectivity index (χ0) is 22.8. The van der Waals surface area contributed by atoms with E-state index in [0.29, 0.717) is 29.0 Å². The second kappa shape index (κ2) is 8.99. The molecule has 4 aromatic rings. The summed E-state index contributed by atoms with van der Waals surface area (Å²) in [5.41, 5.74) is 4.11.